The van der Waals surface area contributed by atoms with Crippen molar-refractivity contribution >= 4 is 23.2 Å². The molecule has 2 rings (SSSR count). The van der Waals surface area contributed by atoms with Crippen LogP contribution in [0.2, 0.25) is 10.0 Å². The molecule has 0 saturated heterocycles. The predicted octanol–water partition coefficient (Wildman–Crippen LogP) is 5.08. The van der Waals surface area contributed by atoms with Crippen molar-refractivity contribution in [3.05, 3.63) is 39.6 Å². The van der Waals surface area contributed by atoms with Gasteiger partial charge in [0, 0.05) is 17.0 Å². The molecule has 0 unspecified atom stereocenters. The first-order valence-corrected chi connectivity index (χ1v) is 6.18. The van der Waals surface area contributed by atoms with E-state index < -0.39 is 0 Å². The molecule has 0 atom stereocenters. The van der Waals surface area contributed by atoms with Gasteiger partial charge in [0.2, 0.25) is 0 Å². The van der Waals surface area contributed by atoms with Crippen molar-refractivity contribution in [2.45, 2.75) is 26.7 Å². The van der Waals surface area contributed by atoms with Gasteiger partial charge in [-0.2, -0.15) is 0 Å². The van der Waals surface area contributed by atoms with Crippen LogP contribution in [0.3, 0.4) is 0 Å². The van der Waals surface area contributed by atoms with Gasteiger partial charge in [0.25, 0.3) is 0 Å². The van der Waals surface area contributed by atoms with Crippen LogP contribution in [0.15, 0.2) is 22.7 Å². The Morgan fingerprint density at radius 3 is 2.24 bits per heavy atom. The molecule has 1 aromatic heterocycles. The molecule has 1 aromatic carbocycles. The summed E-state index contributed by atoms with van der Waals surface area (Å²) in [5.74, 6) is 1.16. The van der Waals surface area contributed by atoms with Gasteiger partial charge in [-0.1, -0.05) is 48.3 Å². The summed E-state index contributed by atoms with van der Waals surface area (Å²) in [5.41, 5.74) is 2.46. The van der Waals surface area contributed by atoms with Gasteiger partial charge in [-0.05, 0) is 19.1 Å². The molecule has 90 valence electrons. The van der Waals surface area contributed by atoms with Crippen LogP contribution in [0.4, 0.5) is 0 Å². The first kappa shape index (κ1) is 12.5. The standard InChI is InChI=1S/C13H13Cl2NO/c1-7(2)13-8(3)12(16-17-13)11-9(14)5-4-6-10(11)15/h4-7H,1-3H3. The quantitative estimate of drug-likeness (QED) is 0.760. The lowest BCUT2D eigenvalue weighted by Gasteiger charge is -2.04. The maximum Gasteiger partial charge on any atom is 0.142 e. The van der Waals surface area contributed by atoms with Crippen LogP contribution in [-0.4, -0.2) is 5.16 Å². The molecule has 0 radical (unpaired) electrons. The zero-order valence-electron chi connectivity index (χ0n) is 9.92. The Kier molecular flexibility index (Phi) is 3.45. The van der Waals surface area contributed by atoms with E-state index in [4.69, 9.17) is 27.7 Å². The summed E-state index contributed by atoms with van der Waals surface area (Å²) in [6, 6.07) is 5.41. The molecule has 0 amide bonds. The van der Waals surface area contributed by atoms with E-state index in [-0.39, 0.29) is 5.92 Å². The van der Waals surface area contributed by atoms with Crippen molar-refractivity contribution in [2.75, 3.05) is 0 Å². The van der Waals surface area contributed by atoms with E-state index in [0.717, 1.165) is 22.6 Å². The number of halogens is 2. The third-order valence-electron chi connectivity index (χ3n) is 2.68. The summed E-state index contributed by atoms with van der Waals surface area (Å²) < 4.78 is 5.35. The summed E-state index contributed by atoms with van der Waals surface area (Å²) in [7, 11) is 0. The highest BCUT2D eigenvalue weighted by Gasteiger charge is 2.19. The van der Waals surface area contributed by atoms with Crippen LogP contribution in [-0.2, 0) is 0 Å². The van der Waals surface area contributed by atoms with Gasteiger partial charge in [-0.15, -0.1) is 0 Å². The average Bonchev–Trinajstić information content (AvgIpc) is 2.61. The molecule has 0 N–H and O–H groups in total. The Labute approximate surface area is 111 Å². The molecule has 1 heterocycles. The van der Waals surface area contributed by atoms with E-state index in [9.17, 15) is 0 Å². The molecule has 0 aliphatic rings. The minimum Gasteiger partial charge on any atom is -0.360 e. The fourth-order valence-electron chi connectivity index (χ4n) is 1.84. The van der Waals surface area contributed by atoms with Gasteiger partial charge in [0.1, 0.15) is 11.5 Å². The number of aromatic nitrogens is 1. The van der Waals surface area contributed by atoms with Crippen molar-refractivity contribution in [3.63, 3.8) is 0 Å². The molecule has 0 bridgehead atoms. The van der Waals surface area contributed by atoms with Crippen LogP contribution >= 0.6 is 23.2 Å². The zero-order valence-corrected chi connectivity index (χ0v) is 11.4. The summed E-state index contributed by atoms with van der Waals surface area (Å²) in [6.07, 6.45) is 0. The largest absolute Gasteiger partial charge is 0.360 e. The van der Waals surface area contributed by atoms with E-state index in [0.29, 0.717) is 10.0 Å². The van der Waals surface area contributed by atoms with E-state index in [1.807, 2.05) is 13.0 Å². The monoisotopic (exact) mass is 269 g/mol. The van der Waals surface area contributed by atoms with E-state index in [1.54, 1.807) is 12.1 Å². The Hall–Kier alpha value is -0.990. The number of hydrogen-bond donors (Lipinski definition) is 0. The minimum atomic E-state index is 0.289. The number of hydrogen-bond acceptors (Lipinski definition) is 2. The van der Waals surface area contributed by atoms with Gasteiger partial charge in [-0.25, -0.2) is 0 Å². The van der Waals surface area contributed by atoms with Gasteiger partial charge < -0.3 is 4.52 Å². The predicted molar refractivity (Wildman–Crippen MR) is 70.8 cm³/mol. The smallest absolute Gasteiger partial charge is 0.142 e. The van der Waals surface area contributed by atoms with Crippen molar-refractivity contribution in [2.24, 2.45) is 0 Å². The zero-order chi connectivity index (χ0) is 12.6. The first-order valence-electron chi connectivity index (χ1n) is 5.43. The van der Waals surface area contributed by atoms with Crippen LogP contribution < -0.4 is 0 Å². The minimum absolute atomic E-state index is 0.289. The fraction of sp³-hybridized carbons (Fsp3) is 0.308. The van der Waals surface area contributed by atoms with Crippen LogP contribution in [0.5, 0.6) is 0 Å². The second-order valence-electron chi connectivity index (χ2n) is 4.27. The van der Waals surface area contributed by atoms with Crippen molar-refractivity contribution < 1.29 is 4.52 Å². The fourth-order valence-corrected chi connectivity index (χ4v) is 2.42. The molecule has 0 aliphatic carbocycles. The Morgan fingerprint density at radius 1 is 1.18 bits per heavy atom. The van der Waals surface area contributed by atoms with Gasteiger partial charge >= 0.3 is 0 Å². The van der Waals surface area contributed by atoms with Crippen molar-refractivity contribution in [1.82, 2.24) is 5.16 Å². The second kappa shape index (κ2) is 4.71. The molecule has 4 heteroatoms. The highest BCUT2D eigenvalue weighted by atomic mass is 35.5. The first-order chi connectivity index (χ1) is 8.02. The molecule has 0 aliphatic heterocycles. The SMILES string of the molecule is Cc1c(-c2c(Cl)cccc2Cl)noc1C(C)C. The summed E-state index contributed by atoms with van der Waals surface area (Å²) in [4.78, 5) is 0. The third kappa shape index (κ3) is 2.20. The van der Waals surface area contributed by atoms with E-state index >= 15 is 0 Å². The Balaban J connectivity index is 2.62. The lowest BCUT2D eigenvalue weighted by Crippen LogP contribution is -1.88. The molecular weight excluding hydrogens is 257 g/mol. The summed E-state index contributed by atoms with van der Waals surface area (Å²) in [5, 5.41) is 5.26. The maximum absolute atomic E-state index is 6.16. The van der Waals surface area contributed by atoms with E-state index in [1.165, 1.54) is 0 Å². The van der Waals surface area contributed by atoms with Gasteiger partial charge in [0.05, 0.1) is 10.0 Å². The third-order valence-corrected chi connectivity index (χ3v) is 3.31. The molecule has 2 aromatic rings. The second-order valence-corrected chi connectivity index (χ2v) is 5.09. The molecule has 17 heavy (non-hydrogen) atoms. The lowest BCUT2D eigenvalue weighted by molar-refractivity contribution is 0.371. The molecular formula is C13H13Cl2NO. The lowest BCUT2D eigenvalue weighted by atomic mass is 10.0. The molecule has 0 saturated carbocycles. The summed E-state index contributed by atoms with van der Waals surface area (Å²) >= 11 is 12.3. The average molecular weight is 270 g/mol. The summed E-state index contributed by atoms with van der Waals surface area (Å²) in [6.45, 7) is 6.10. The van der Waals surface area contributed by atoms with Crippen molar-refractivity contribution in [3.8, 4) is 11.3 Å². The number of rotatable bonds is 2. The maximum atomic E-state index is 6.16. The normalized spacial score (nSPS) is 11.2. The van der Waals surface area contributed by atoms with Gasteiger partial charge in [0.15, 0.2) is 0 Å². The Bertz CT molecular complexity index is 526. The molecule has 0 spiro atoms. The number of benzene rings is 1. The highest BCUT2D eigenvalue weighted by Crippen LogP contribution is 2.37. The number of nitrogens with zero attached hydrogens (tertiary/aromatic N) is 1. The topological polar surface area (TPSA) is 26.0 Å². The Morgan fingerprint density at radius 2 is 1.76 bits per heavy atom. The molecule has 2 nitrogen and oxygen atoms in total. The van der Waals surface area contributed by atoms with Gasteiger partial charge in [-0.3, -0.25) is 0 Å². The highest BCUT2D eigenvalue weighted by molar-refractivity contribution is 6.39. The van der Waals surface area contributed by atoms with Crippen LogP contribution in [0.1, 0.15) is 31.1 Å². The van der Waals surface area contributed by atoms with E-state index in [2.05, 4.69) is 19.0 Å². The van der Waals surface area contributed by atoms with Crippen LogP contribution in [0.25, 0.3) is 11.3 Å². The van der Waals surface area contributed by atoms with Crippen molar-refractivity contribution in [1.29, 1.82) is 0 Å². The van der Waals surface area contributed by atoms with Crippen LogP contribution in [0, 0.1) is 6.92 Å². The molecule has 0 fully saturated rings.